The first-order chi connectivity index (χ1) is 12.7. The number of anilines is 2. The number of nitriles is 1. The van der Waals surface area contributed by atoms with E-state index in [0.717, 1.165) is 16.9 Å². The zero-order chi connectivity index (χ0) is 18.3. The predicted octanol–water partition coefficient (Wildman–Crippen LogP) is 3.58. The summed E-state index contributed by atoms with van der Waals surface area (Å²) in [6, 6.07) is 17.0. The van der Waals surface area contributed by atoms with Crippen LogP contribution in [0.25, 0.3) is 6.08 Å². The van der Waals surface area contributed by atoms with Gasteiger partial charge in [0.25, 0.3) is 0 Å². The van der Waals surface area contributed by atoms with Gasteiger partial charge < -0.3 is 9.55 Å². The van der Waals surface area contributed by atoms with Gasteiger partial charge in [0, 0.05) is 12.7 Å². The average molecular weight is 346 g/mol. The maximum absolute atomic E-state index is 15.5. The lowest BCUT2D eigenvalue weighted by Crippen LogP contribution is -2.50. The first kappa shape index (κ1) is 16.1. The zero-order valence-electron chi connectivity index (χ0n) is 14.4. The van der Waals surface area contributed by atoms with Crippen molar-refractivity contribution in [1.82, 2.24) is 4.92 Å². The molecular formula is C19H16BFN4O. The molecule has 0 fully saturated rings. The molecule has 0 aliphatic carbocycles. The van der Waals surface area contributed by atoms with Crippen LogP contribution in [-0.4, -0.2) is 26.3 Å². The second-order valence-corrected chi connectivity index (χ2v) is 5.98. The quantitative estimate of drug-likeness (QED) is 0.795. The molecule has 0 saturated heterocycles. The number of nitrogens with zero attached hydrogens (tertiary/aromatic N) is 4. The SMILES string of the molecule is COc1ccc(N(C)N2B(F)N3C(=C2C#N)C=Cc2ccccc23)cc1. The summed E-state index contributed by atoms with van der Waals surface area (Å²) in [7, 11) is 1.81. The van der Waals surface area contributed by atoms with Crippen LogP contribution in [0.5, 0.6) is 5.75 Å². The second-order valence-electron chi connectivity index (χ2n) is 5.98. The van der Waals surface area contributed by atoms with E-state index in [2.05, 4.69) is 6.07 Å². The molecule has 0 atom stereocenters. The standard InChI is InChI=1S/C19H16BFN4O/c1-23(15-8-10-16(26-2)11-9-15)25-19(13-22)18-12-7-14-5-3-4-6-17(14)24(18)20(25)21/h3-12H,1-2H3. The van der Waals surface area contributed by atoms with Gasteiger partial charge >= 0.3 is 7.26 Å². The van der Waals surface area contributed by atoms with E-state index in [1.807, 2.05) is 42.5 Å². The van der Waals surface area contributed by atoms with Gasteiger partial charge in [-0.3, -0.25) is 14.2 Å². The molecule has 0 N–H and O–H groups in total. The molecule has 2 aromatic rings. The molecule has 2 aliphatic rings. The van der Waals surface area contributed by atoms with Crippen molar-refractivity contribution in [1.29, 1.82) is 5.26 Å². The smallest absolute Gasteiger partial charge is 0.497 e. The highest BCUT2D eigenvalue weighted by Gasteiger charge is 2.48. The van der Waals surface area contributed by atoms with Crippen molar-refractivity contribution in [3.63, 3.8) is 0 Å². The van der Waals surface area contributed by atoms with Gasteiger partial charge in [-0.05, 0) is 42.0 Å². The lowest BCUT2D eigenvalue weighted by Gasteiger charge is -2.33. The van der Waals surface area contributed by atoms with E-state index in [4.69, 9.17) is 4.74 Å². The molecule has 2 aromatic carbocycles. The first-order valence-electron chi connectivity index (χ1n) is 8.17. The van der Waals surface area contributed by atoms with Crippen molar-refractivity contribution in [2.45, 2.75) is 0 Å². The Morgan fingerprint density at radius 2 is 1.85 bits per heavy atom. The van der Waals surface area contributed by atoms with E-state index in [-0.39, 0.29) is 5.70 Å². The number of methoxy groups -OCH3 is 1. The van der Waals surface area contributed by atoms with Gasteiger partial charge in [0.05, 0.1) is 18.5 Å². The number of para-hydroxylation sites is 1. The van der Waals surface area contributed by atoms with E-state index in [0.29, 0.717) is 11.4 Å². The summed E-state index contributed by atoms with van der Waals surface area (Å²) in [5.41, 5.74) is 3.24. The van der Waals surface area contributed by atoms with Gasteiger partial charge in [-0.1, -0.05) is 24.3 Å². The average Bonchev–Trinajstić information content (AvgIpc) is 2.99. The molecule has 26 heavy (non-hydrogen) atoms. The number of rotatable bonds is 3. The van der Waals surface area contributed by atoms with Gasteiger partial charge in [0.1, 0.15) is 17.5 Å². The number of ether oxygens (including phenoxy) is 1. The summed E-state index contributed by atoms with van der Waals surface area (Å²) >= 11 is 0. The highest BCUT2D eigenvalue weighted by molar-refractivity contribution is 6.57. The number of hydrazine groups is 1. The Morgan fingerprint density at radius 3 is 2.54 bits per heavy atom. The van der Waals surface area contributed by atoms with Crippen LogP contribution in [0.3, 0.4) is 0 Å². The van der Waals surface area contributed by atoms with Crippen molar-refractivity contribution in [2.24, 2.45) is 0 Å². The van der Waals surface area contributed by atoms with Crippen LogP contribution in [-0.2, 0) is 0 Å². The summed E-state index contributed by atoms with van der Waals surface area (Å²) in [6.07, 6.45) is 3.69. The monoisotopic (exact) mass is 346 g/mol. The number of halogens is 1. The third-order valence-electron chi connectivity index (χ3n) is 4.64. The number of fused-ring (bicyclic) bond motifs is 3. The molecule has 0 aromatic heterocycles. The van der Waals surface area contributed by atoms with Gasteiger partial charge in [-0.2, -0.15) is 5.26 Å². The Bertz CT molecular complexity index is 951. The molecule has 2 aliphatic heterocycles. The minimum atomic E-state index is -1.52. The summed E-state index contributed by atoms with van der Waals surface area (Å²) < 4.78 is 20.6. The molecular weight excluding hydrogens is 330 g/mol. The minimum Gasteiger partial charge on any atom is -0.497 e. The lowest BCUT2D eigenvalue weighted by atomic mass is 9.96. The van der Waals surface area contributed by atoms with Crippen molar-refractivity contribution >= 4 is 24.7 Å². The van der Waals surface area contributed by atoms with Crippen LogP contribution in [0.15, 0.2) is 66.0 Å². The molecule has 4 rings (SSSR count). The Hall–Kier alpha value is -3.40. The number of hydrogen-bond donors (Lipinski definition) is 0. The van der Waals surface area contributed by atoms with Gasteiger partial charge in [0.15, 0.2) is 0 Å². The molecule has 0 amide bonds. The van der Waals surface area contributed by atoms with Crippen molar-refractivity contribution < 1.29 is 9.05 Å². The zero-order valence-corrected chi connectivity index (χ0v) is 14.4. The van der Waals surface area contributed by atoms with Gasteiger partial charge in [0.2, 0.25) is 0 Å². The van der Waals surface area contributed by atoms with E-state index < -0.39 is 7.26 Å². The molecule has 0 spiro atoms. The van der Waals surface area contributed by atoms with Crippen LogP contribution in [0.2, 0.25) is 0 Å². The molecule has 0 radical (unpaired) electrons. The van der Waals surface area contributed by atoms with Gasteiger partial charge in [-0.15, -0.1) is 0 Å². The van der Waals surface area contributed by atoms with Crippen LogP contribution in [0.1, 0.15) is 5.56 Å². The minimum absolute atomic E-state index is 0.265. The first-order valence-corrected chi connectivity index (χ1v) is 8.17. The molecule has 0 unspecified atom stereocenters. The molecule has 0 bridgehead atoms. The van der Waals surface area contributed by atoms with E-state index in [9.17, 15) is 5.26 Å². The lowest BCUT2D eigenvalue weighted by molar-refractivity contribution is 0.414. The van der Waals surface area contributed by atoms with Crippen LogP contribution in [0, 0.1) is 11.3 Å². The van der Waals surface area contributed by atoms with E-state index >= 15 is 4.32 Å². The Balaban J connectivity index is 1.75. The fourth-order valence-electron chi connectivity index (χ4n) is 3.31. The van der Waals surface area contributed by atoms with Crippen LogP contribution in [0.4, 0.5) is 15.7 Å². The molecule has 5 nitrogen and oxygen atoms in total. The van der Waals surface area contributed by atoms with Crippen LogP contribution < -0.4 is 14.6 Å². The summed E-state index contributed by atoms with van der Waals surface area (Å²) in [4.78, 5) is 2.91. The fourth-order valence-corrected chi connectivity index (χ4v) is 3.31. The normalized spacial score (nSPS) is 14.9. The molecule has 128 valence electrons. The topological polar surface area (TPSA) is 42.7 Å². The summed E-state index contributed by atoms with van der Waals surface area (Å²) in [5, 5.41) is 11.3. The van der Waals surface area contributed by atoms with Crippen molar-refractivity contribution in [3.05, 3.63) is 71.6 Å². The Kier molecular flexibility index (Phi) is 3.81. The summed E-state index contributed by atoms with van der Waals surface area (Å²) in [5.74, 6) is 0.716. The predicted molar refractivity (Wildman–Crippen MR) is 101 cm³/mol. The molecule has 2 heterocycles. The van der Waals surface area contributed by atoms with E-state index in [1.54, 1.807) is 42.2 Å². The molecule has 7 heteroatoms. The largest absolute Gasteiger partial charge is 0.613 e. The third-order valence-corrected chi connectivity index (χ3v) is 4.64. The fraction of sp³-hybridized carbons (Fsp3) is 0.105. The maximum Gasteiger partial charge on any atom is 0.613 e. The van der Waals surface area contributed by atoms with Crippen molar-refractivity contribution in [3.8, 4) is 11.8 Å². The van der Waals surface area contributed by atoms with Crippen LogP contribution >= 0.6 is 0 Å². The number of benzene rings is 2. The second kappa shape index (κ2) is 6.15. The maximum atomic E-state index is 15.5. The van der Waals surface area contributed by atoms with Gasteiger partial charge in [-0.25, -0.2) is 0 Å². The highest BCUT2D eigenvalue weighted by Crippen LogP contribution is 2.40. The number of allylic oxidation sites excluding steroid dienone is 2. The number of hydrogen-bond acceptors (Lipinski definition) is 5. The molecule has 0 saturated carbocycles. The Labute approximate surface area is 151 Å². The van der Waals surface area contributed by atoms with Crippen molar-refractivity contribution in [2.75, 3.05) is 24.0 Å². The summed E-state index contributed by atoms with van der Waals surface area (Å²) in [6.45, 7) is 0. The van der Waals surface area contributed by atoms with E-state index in [1.165, 1.54) is 4.92 Å². The highest BCUT2D eigenvalue weighted by atomic mass is 19.1. The Morgan fingerprint density at radius 1 is 1.12 bits per heavy atom. The third kappa shape index (κ3) is 2.31.